The van der Waals surface area contributed by atoms with Crippen molar-refractivity contribution in [2.24, 2.45) is 11.3 Å². The van der Waals surface area contributed by atoms with Gasteiger partial charge in [-0.25, -0.2) is 4.79 Å². The molecule has 2 aromatic rings. The minimum Gasteiger partial charge on any atom is -0.496 e. The minimum atomic E-state index is -2.41. The predicted molar refractivity (Wildman–Crippen MR) is 506 cm³/mol. The number of nitrogens with zero attached hydrogens (tertiary/aromatic N) is 3. The molecule has 2 aromatic carbocycles. The average molecular weight is 1970 g/mol. The molecule has 1 saturated carbocycles. The van der Waals surface area contributed by atoms with E-state index in [1.165, 1.54) is 42.5 Å². The molecular weight excluding hydrogens is 1810 g/mol. The molecule has 5 aliphatic heterocycles. The number of carboxylic acid groups (broad SMARTS) is 1. The van der Waals surface area contributed by atoms with Crippen molar-refractivity contribution >= 4 is 86.4 Å². The number of methoxy groups -OCH3 is 6. The summed E-state index contributed by atoms with van der Waals surface area (Å²) in [7, 11) is 13.9. The van der Waals surface area contributed by atoms with Gasteiger partial charge in [0.05, 0.1) is 89.9 Å². The second-order valence-electron chi connectivity index (χ2n) is 35.0. The number of amides is 3. The number of carboxylic acids is 1. The maximum absolute atomic E-state index is 15.6. The van der Waals surface area contributed by atoms with Crippen LogP contribution >= 0.6 is 21.6 Å². The van der Waals surface area contributed by atoms with Crippen molar-refractivity contribution in [1.82, 2.24) is 25.8 Å². The molecule has 5 heterocycles. The van der Waals surface area contributed by atoms with Crippen LogP contribution in [0.15, 0.2) is 54.1 Å². The zero-order chi connectivity index (χ0) is 101. The smallest absolute Gasteiger partial charge is 0.328 e. The number of hydrogen-bond donors (Lipinski definition) is 12. The van der Waals surface area contributed by atoms with Gasteiger partial charge in [-0.05, 0) is 156 Å². The summed E-state index contributed by atoms with van der Waals surface area (Å²) < 4.78 is 74.6. The molecule has 40 heteroatoms. The van der Waals surface area contributed by atoms with E-state index in [1.54, 1.807) is 28.7 Å². The molecule has 2 saturated heterocycles. The standard InChI is InChI=1S/C62H87N5O15.C15H29NO6S2.C12H22O7.C7H16O4/c1-9-41(35-68)82-51(78-7)36-81-50(70)20-14-19-49(69)64-38(4)52(71)80-28-16-24-63-56(73)62(76)54-60(23-27-67-25-15-22-59(11-3,53(60)67)55(62)72)45-30-46(48(77-6)31-47(45)65(54)5)61(57(74)79-8)33-39-32-58(75,10-2)37-66(34-39)26-21-43-42-18-13-12-17-40(42)29-44(43)61;1-4-12(10-17)22-15(20-2)11-21-14(19)7-5-6-13(18)16-8-9-24-23-3;1-3-9(7-13)19-12(17-2)8-18-11(16)6-4-5-10(14)15;1-3-6(4-8)11-7(5-9)10-2/h12-13,15,17-18,22,30-31,38-39,41,51,53-55,68,72,75-76H,9-11,14,16,19-21,23-29,32-37H2,1-8H3,(H,63,73)(H,64,69);12,15,17H,4-11H2,1-3H3,(H,16,18);9,12-13H,3-8H2,1-2H3,(H,14,15);6-9H,3-5H2,1-2H3/t38-,39?,41?,51?,53?,54?,55-,58?,59-,60?,61-,62+;;;/m1.../s1. The maximum Gasteiger partial charge on any atom is 0.328 e. The number of carbonyl (C=O) groups is 9. The van der Waals surface area contributed by atoms with Crippen LogP contribution in [-0.4, -0.2) is 361 Å². The quantitative estimate of drug-likeness (QED) is 0.00975. The summed E-state index contributed by atoms with van der Waals surface area (Å²) in [5.74, 6) is -3.63. The molecule has 772 valence electrons. The van der Waals surface area contributed by atoms with Gasteiger partial charge in [0.25, 0.3) is 5.91 Å². The fraction of sp³-hybridized carbons (Fsp3) is 0.740. The molecule has 2 aliphatic carbocycles. The van der Waals surface area contributed by atoms with Gasteiger partial charge in [-0.2, -0.15) is 0 Å². The van der Waals surface area contributed by atoms with Crippen LogP contribution in [-0.2, 0) is 122 Å². The van der Waals surface area contributed by atoms with Crippen molar-refractivity contribution in [1.29, 1.82) is 0 Å². The Morgan fingerprint density at radius 3 is 1.65 bits per heavy atom. The van der Waals surface area contributed by atoms with Crippen molar-refractivity contribution in [2.45, 2.75) is 279 Å². The number of benzene rings is 2. The summed E-state index contributed by atoms with van der Waals surface area (Å²) in [4.78, 5) is 120. The third kappa shape index (κ3) is 31.1. The summed E-state index contributed by atoms with van der Waals surface area (Å²) >= 11 is 0. The molecule has 0 radical (unpaired) electrons. The molecule has 19 atom stereocenters. The Morgan fingerprint density at radius 2 is 1.15 bits per heavy atom. The molecule has 1 spiro atoms. The summed E-state index contributed by atoms with van der Waals surface area (Å²) in [5, 5.41) is 100. The molecular formula is C96H154N6O32S2. The van der Waals surface area contributed by atoms with E-state index in [0.717, 1.165) is 33.6 Å². The van der Waals surface area contributed by atoms with E-state index in [-0.39, 0.29) is 154 Å². The lowest BCUT2D eigenvalue weighted by atomic mass is 9.47. The van der Waals surface area contributed by atoms with Gasteiger partial charge in [-0.15, -0.1) is 0 Å². The highest BCUT2D eigenvalue weighted by molar-refractivity contribution is 8.76. The third-order valence-electron chi connectivity index (χ3n) is 26.5. The number of ether oxygens (including phenoxy) is 14. The normalized spacial score (nSPS) is 24.7. The van der Waals surface area contributed by atoms with Crippen LogP contribution in [0.3, 0.4) is 0 Å². The van der Waals surface area contributed by atoms with E-state index >= 15 is 9.59 Å². The van der Waals surface area contributed by atoms with Crippen LogP contribution in [0.1, 0.15) is 199 Å². The van der Waals surface area contributed by atoms with Crippen molar-refractivity contribution in [2.75, 3.05) is 172 Å². The second kappa shape index (κ2) is 58.8. The highest BCUT2D eigenvalue weighted by Gasteiger charge is 2.79. The van der Waals surface area contributed by atoms with Gasteiger partial charge in [0.2, 0.25) is 11.8 Å². The fourth-order valence-electron chi connectivity index (χ4n) is 19.4. The van der Waals surface area contributed by atoms with Crippen molar-refractivity contribution < 1.29 is 155 Å². The van der Waals surface area contributed by atoms with Crippen LogP contribution in [0.5, 0.6) is 5.75 Å². The fourth-order valence-corrected chi connectivity index (χ4v) is 20.5. The molecule has 12 N–H and O–H groups in total. The molecule has 9 rings (SSSR count). The minimum absolute atomic E-state index is 0.0258. The van der Waals surface area contributed by atoms with Crippen LogP contribution in [0, 0.1) is 11.3 Å². The highest BCUT2D eigenvalue weighted by Crippen LogP contribution is 2.68. The van der Waals surface area contributed by atoms with E-state index in [1.807, 2.05) is 90.1 Å². The molecule has 7 aliphatic rings. The third-order valence-corrected chi connectivity index (χ3v) is 28.3. The summed E-state index contributed by atoms with van der Waals surface area (Å²) in [6.45, 7) is 15.6. The predicted octanol–water partition coefficient (Wildman–Crippen LogP) is 5.47. The summed E-state index contributed by atoms with van der Waals surface area (Å²) in [6, 6.07) is 10.0. The van der Waals surface area contributed by atoms with Crippen molar-refractivity contribution in [3.8, 4) is 5.75 Å². The number of fused-ring (bicyclic) bond motifs is 5. The lowest BCUT2D eigenvalue weighted by molar-refractivity contribution is -0.203. The van der Waals surface area contributed by atoms with Crippen LogP contribution in [0.25, 0.3) is 5.57 Å². The molecule has 2 bridgehead atoms. The van der Waals surface area contributed by atoms with Gasteiger partial charge in [0.1, 0.15) is 43.1 Å². The zero-order valence-electron chi connectivity index (χ0n) is 82.1. The molecule has 0 aromatic heterocycles. The number of aliphatic hydroxyl groups excluding tert-OH is 6. The molecule has 3 amide bonds. The lowest BCUT2D eigenvalue weighted by Crippen LogP contribution is -2.81. The monoisotopic (exact) mass is 1970 g/mol. The SMILES string of the molecule is CCC(CO)OC(CO)OC.CCC(CO)OC(COC(=O)CCCC(=O)NCCSSC)OC.CCC(CO)OC(COC(=O)CCCC(=O)N[C@H](C)C(=O)OCCCNC(=O)[C@]1(O)C2N(C)c3cc(OC)c([C@@]4(C(=O)OC)CC5CN(CCC6=C4Cc4ccccc46)CC(O)(CC)C5)cc3C23CCN2CC=C[C@](CC)(C23)[C@H]1O)OC.CCC(CO)OC(COC(=O)CCCC(=O)O)OC. The molecule has 14 unspecified atom stereocenters. The van der Waals surface area contributed by atoms with Crippen LogP contribution < -0.4 is 25.6 Å². The first-order valence-electron chi connectivity index (χ1n) is 47.4. The topological polar surface area (TPSA) is 511 Å². The van der Waals surface area contributed by atoms with E-state index in [4.69, 9.17) is 91.8 Å². The van der Waals surface area contributed by atoms with Gasteiger partial charge in [0.15, 0.2) is 30.8 Å². The number of aliphatic carboxylic acids is 1. The number of anilines is 1. The number of esters is 5. The number of rotatable bonds is 55. The second-order valence-corrected chi connectivity index (χ2v) is 37.7. The van der Waals surface area contributed by atoms with Crippen molar-refractivity contribution in [3.63, 3.8) is 0 Å². The van der Waals surface area contributed by atoms with Gasteiger partial charge >= 0.3 is 35.8 Å². The van der Waals surface area contributed by atoms with Gasteiger partial charge < -0.3 is 133 Å². The zero-order valence-corrected chi connectivity index (χ0v) is 83.7. The molecule has 3 fully saturated rings. The van der Waals surface area contributed by atoms with Crippen molar-refractivity contribution in [3.05, 3.63) is 76.4 Å². The Kier molecular flexibility index (Phi) is 50.8. The molecule has 38 nitrogen and oxygen atoms in total. The van der Waals surface area contributed by atoms with E-state index < -0.39 is 125 Å². The van der Waals surface area contributed by atoms with E-state index in [9.17, 15) is 54.0 Å². The number of likely N-dealkylation sites (N-methyl/N-ethyl adjacent to an activating group) is 1. The van der Waals surface area contributed by atoms with Crippen LogP contribution in [0.2, 0.25) is 0 Å². The average Bonchev–Trinajstić information content (AvgIpc) is 1.47. The maximum atomic E-state index is 15.6. The number of carbonyl (C=O) groups excluding carboxylic acids is 8. The first kappa shape index (κ1) is 117. The number of aliphatic hydroxyl groups is 8. The largest absolute Gasteiger partial charge is 0.496 e. The Morgan fingerprint density at radius 1 is 0.610 bits per heavy atom. The Bertz CT molecular complexity index is 4110. The lowest BCUT2D eigenvalue weighted by Gasteiger charge is -2.63. The Balaban J connectivity index is 0.000000424. The first-order valence-corrected chi connectivity index (χ1v) is 50.1. The molecule has 136 heavy (non-hydrogen) atoms. The Labute approximate surface area is 808 Å². The first-order chi connectivity index (χ1) is 65.2. The van der Waals surface area contributed by atoms with Gasteiger partial charge in [-0.1, -0.05) is 99.5 Å². The highest BCUT2D eigenvalue weighted by atomic mass is 33.1. The summed E-state index contributed by atoms with van der Waals surface area (Å²) in [5.41, 5.74) is -0.330. The number of piperidine rings is 1. The number of hydrogen-bond acceptors (Lipinski definition) is 36. The van der Waals surface area contributed by atoms with Gasteiger partial charge in [0, 0.05) is 153 Å². The van der Waals surface area contributed by atoms with E-state index in [2.05, 4.69) is 43.9 Å². The van der Waals surface area contributed by atoms with Crippen LogP contribution in [0.4, 0.5) is 5.69 Å². The summed E-state index contributed by atoms with van der Waals surface area (Å²) in [6.07, 6.45) is 7.41. The number of nitrogens with one attached hydrogen (secondary N) is 3. The van der Waals surface area contributed by atoms with Gasteiger partial charge in [-0.3, -0.25) is 48.2 Å². The Hall–Kier alpha value is -7.27. The van der Waals surface area contributed by atoms with E-state index in [0.29, 0.717) is 140 Å².